The van der Waals surface area contributed by atoms with Gasteiger partial charge < -0.3 is 25.8 Å². The summed E-state index contributed by atoms with van der Waals surface area (Å²) in [5.41, 5.74) is 6.09. The summed E-state index contributed by atoms with van der Waals surface area (Å²) in [7, 11) is 0. The third-order valence-corrected chi connectivity index (χ3v) is 6.56. The molecule has 0 aromatic carbocycles. The van der Waals surface area contributed by atoms with Crippen molar-refractivity contribution in [2.75, 3.05) is 6.61 Å². The quantitative estimate of drug-likeness (QED) is 0.0946. The molecule has 5 N–H and O–H groups in total. The van der Waals surface area contributed by atoms with Crippen LogP contribution in [0.25, 0.3) is 0 Å². The van der Waals surface area contributed by atoms with Crippen LogP contribution in [0.2, 0.25) is 0 Å². The normalized spacial score (nSPS) is 19.8. The van der Waals surface area contributed by atoms with Crippen LogP contribution in [0, 0.1) is 5.41 Å². The molecule has 0 aliphatic heterocycles. The second-order valence-electron chi connectivity index (χ2n) is 9.64. The number of hydrogen-bond donors (Lipinski definition) is 4. The molecule has 0 saturated carbocycles. The predicted molar refractivity (Wildman–Crippen MR) is 141 cm³/mol. The van der Waals surface area contributed by atoms with Crippen LogP contribution in [-0.4, -0.2) is 48.7 Å². The van der Waals surface area contributed by atoms with Gasteiger partial charge in [0.15, 0.2) is 5.96 Å². The van der Waals surface area contributed by atoms with Gasteiger partial charge in [-0.3, -0.25) is 10.2 Å². The van der Waals surface area contributed by atoms with E-state index in [0.717, 1.165) is 25.7 Å². The highest BCUT2D eigenvalue weighted by Gasteiger charge is 2.38. The molecule has 0 spiro atoms. The molecule has 1 aliphatic carbocycles. The molecule has 0 fully saturated rings. The number of carbonyl (C=O) groups is 2. The Labute approximate surface area is 212 Å². The number of amides is 1. The molecular weight excluding hydrogens is 444 g/mol. The summed E-state index contributed by atoms with van der Waals surface area (Å²) in [4.78, 5) is 24.7. The Hall–Kier alpha value is -2.09. The van der Waals surface area contributed by atoms with Crippen molar-refractivity contribution in [1.29, 1.82) is 5.41 Å². The molecule has 8 heteroatoms. The number of nitrogens with two attached hydrogens (primary N) is 1. The number of hydrogen-bond acceptors (Lipinski definition) is 5. The van der Waals surface area contributed by atoms with Gasteiger partial charge in [-0.25, -0.2) is 4.79 Å². The highest BCUT2D eigenvalue weighted by Crippen LogP contribution is 2.25. The van der Waals surface area contributed by atoms with Crippen molar-refractivity contribution in [2.24, 2.45) is 5.73 Å². The molecule has 3 atom stereocenters. The number of guanidine groups is 1. The summed E-state index contributed by atoms with van der Waals surface area (Å²) in [5.74, 6) is -0.786. The van der Waals surface area contributed by atoms with Gasteiger partial charge >= 0.3 is 5.97 Å². The molecule has 202 valence electrons. The zero-order chi connectivity index (χ0) is 26.1. The van der Waals surface area contributed by atoms with Crippen LogP contribution in [0.1, 0.15) is 111 Å². The summed E-state index contributed by atoms with van der Waals surface area (Å²) >= 11 is 0. The zero-order valence-electron chi connectivity index (χ0n) is 22.5. The lowest BCUT2D eigenvalue weighted by Crippen LogP contribution is -2.60. The van der Waals surface area contributed by atoms with Gasteiger partial charge in [0.25, 0.3) is 0 Å². The van der Waals surface area contributed by atoms with Crippen molar-refractivity contribution in [3.05, 3.63) is 11.6 Å². The summed E-state index contributed by atoms with van der Waals surface area (Å²) in [6.07, 6.45) is 15.4. The van der Waals surface area contributed by atoms with Crippen LogP contribution in [0.15, 0.2) is 11.6 Å². The molecule has 1 amide bonds. The molecular formula is C27H50N4O4. The van der Waals surface area contributed by atoms with E-state index in [1.54, 1.807) is 6.08 Å². The first-order valence-corrected chi connectivity index (χ1v) is 13.7. The van der Waals surface area contributed by atoms with Gasteiger partial charge in [-0.1, -0.05) is 78.6 Å². The molecule has 0 aromatic rings. The van der Waals surface area contributed by atoms with Gasteiger partial charge in [-0.05, 0) is 25.3 Å². The minimum Gasteiger partial charge on any atom is -0.462 e. The summed E-state index contributed by atoms with van der Waals surface area (Å²) in [6.45, 7) is 8.16. The van der Waals surface area contributed by atoms with E-state index in [9.17, 15) is 9.59 Å². The number of unbranched alkanes of at least 4 members (excludes halogenated alkanes) is 9. The number of ether oxygens (including phenoxy) is 2. The van der Waals surface area contributed by atoms with Crippen LogP contribution < -0.4 is 16.4 Å². The highest BCUT2D eigenvalue weighted by molar-refractivity contribution is 5.89. The average Bonchev–Trinajstić information content (AvgIpc) is 2.81. The Kier molecular flexibility index (Phi) is 16.1. The monoisotopic (exact) mass is 494 g/mol. The third-order valence-electron chi connectivity index (χ3n) is 6.56. The summed E-state index contributed by atoms with van der Waals surface area (Å²) in [6, 6.07) is -0.892. The maximum Gasteiger partial charge on any atom is 0.333 e. The molecule has 0 radical (unpaired) electrons. The van der Waals surface area contributed by atoms with Gasteiger partial charge in [0.05, 0.1) is 30.9 Å². The maximum absolute atomic E-state index is 12.8. The van der Waals surface area contributed by atoms with E-state index >= 15 is 0 Å². The molecule has 8 nitrogen and oxygen atoms in total. The van der Waals surface area contributed by atoms with Crippen molar-refractivity contribution < 1.29 is 19.1 Å². The fourth-order valence-corrected chi connectivity index (χ4v) is 4.55. The zero-order valence-corrected chi connectivity index (χ0v) is 22.5. The molecule has 35 heavy (non-hydrogen) atoms. The first-order chi connectivity index (χ1) is 16.8. The average molecular weight is 495 g/mol. The first-order valence-electron chi connectivity index (χ1n) is 13.7. The van der Waals surface area contributed by atoms with Crippen molar-refractivity contribution in [1.82, 2.24) is 10.6 Å². The van der Waals surface area contributed by atoms with Crippen LogP contribution in [-0.2, 0) is 19.1 Å². The number of nitrogens with one attached hydrogen (secondary N) is 3. The highest BCUT2D eigenvalue weighted by atomic mass is 16.5. The molecule has 0 unspecified atom stereocenters. The van der Waals surface area contributed by atoms with Crippen LogP contribution in [0.4, 0.5) is 0 Å². The second kappa shape index (κ2) is 18.2. The van der Waals surface area contributed by atoms with E-state index in [2.05, 4.69) is 17.6 Å². The largest absolute Gasteiger partial charge is 0.462 e. The Bertz CT molecular complexity index is 664. The van der Waals surface area contributed by atoms with Crippen LogP contribution in [0.5, 0.6) is 0 Å². The topological polar surface area (TPSA) is 127 Å². The lowest BCUT2D eigenvalue weighted by molar-refractivity contribution is -0.139. The van der Waals surface area contributed by atoms with E-state index in [-0.39, 0.29) is 23.9 Å². The maximum atomic E-state index is 12.8. The Morgan fingerprint density at radius 1 is 1.00 bits per heavy atom. The van der Waals surface area contributed by atoms with E-state index < -0.39 is 18.2 Å². The number of rotatable bonds is 18. The van der Waals surface area contributed by atoms with Gasteiger partial charge in [0, 0.05) is 18.9 Å². The smallest absolute Gasteiger partial charge is 0.333 e. The van der Waals surface area contributed by atoms with E-state index in [0.29, 0.717) is 18.6 Å². The third kappa shape index (κ3) is 13.0. The number of esters is 1. The molecule has 0 heterocycles. The SMILES string of the molecule is CCCCCCCCCCCCOC(=O)C1=C[C@@H](OC(CC)CC)[C@H](NC(C)=O)[C@@H](NC(=N)N)C1. The van der Waals surface area contributed by atoms with Crippen molar-refractivity contribution in [3.8, 4) is 0 Å². The first kappa shape index (κ1) is 30.9. The van der Waals surface area contributed by atoms with E-state index in [1.807, 2.05) is 13.8 Å². The van der Waals surface area contributed by atoms with E-state index in [1.165, 1.54) is 58.3 Å². The molecule has 1 aliphatic rings. The molecule has 1 rings (SSSR count). The van der Waals surface area contributed by atoms with Gasteiger partial charge in [0.2, 0.25) is 5.91 Å². The van der Waals surface area contributed by atoms with Gasteiger partial charge in [0.1, 0.15) is 0 Å². The number of carbonyl (C=O) groups excluding carboxylic acids is 2. The Balaban J connectivity index is 2.62. The predicted octanol–water partition coefficient (Wildman–Crippen LogP) is 4.71. The van der Waals surface area contributed by atoms with Crippen molar-refractivity contribution in [3.63, 3.8) is 0 Å². The van der Waals surface area contributed by atoms with Gasteiger partial charge in [-0.2, -0.15) is 0 Å². The Morgan fingerprint density at radius 2 is 1.57 bits per heavy atom. The fraction of sp³-hybridized carbons (Fsp3) is 0.815. The Morgan fingerprint density at radius 3 is 2.09 bits per heavy atom. The summed E-state index contributed by atoms with van der Waals surface area (Å²) in [5, 5.41) is 13.5. The second-order valence-corrected chi connectivity index (χ2v) is 9.64. The van der Waals surface area contributed by atoms with Crippen LogP contribution in [0.3, 0.4) is 0 Å². The lowest BCUT2D eigenvalue weighted by atomic mass is 9.87. The standard InChI is InChI=1S/C27H50N4O4/c1-5-8-9-10-11-12-13-14-15-16-17-34-26(33)21-18-23(31-27(28)29)25(30-20(4)32)24(19-21)35-22(6-2)7-3/h19,22-25H,5-18H2,1-4H3,(H,30,32)(H4,28,29,31)/t23-,24+,25+/m0/s1. The molecule has 0 aromatic heterocycles. The van der Waals surface area contributed by atoms with Crippen molar-refractivity contribution >= 4 is 17.8 Å². The minimum absolute atomic E-state index is 0.00694. The summed E-state index contributed by atoms with van der Waals surface area (Å²) < 4.78 is 11.8. The van der Waals surface area contributed by atoms with E-state index in [4.69, 9.17) is 20.6 Å². The van der Waals surface area contributed by atoms with Gasteiger partial charge in [-0.15, -0.1) is 0 Å². The van der Waals surface area contributed by atoms with Crippen molar-refractivity contribution in [2.45, 2.75) is 135 Å². The molecule has 0 bridgehead atoms. The molecule has 0 saturated heterocycles. The lowest BCUT2D eigenvalue weighted by Gasteiger charge is -2.38. The van der Waals surface area contributed by atoms with Crippen LogP contribution >= 0.6 is 0 Å². The fourth-order valence-electron chi connectivity index (χ4n) is 4.55. The minimum atomic E-state index is -0.519.